The molecule has 1 atom stereocenters. The Balaban J connectivity index is 1.91. The van der Waals surface area contributed by atoms with E-state index in [1.807, 2.05) is 25.1 Å². The number of ether oxygens (including phenoxy) is 1. The summed E-state index contributed by atoms with van der Waals surface area (Å²) in [5.74, 6) is 1.33. The van der Waals surface area contributed by atoms with Crippen LogP contribution in [0.5, 0.6) is 5.75 Å². The number of rotatable bonds is 3. The minimum atomic E-state index is -0.701. The molecule has 17 heavy (non-hydrogen) atoms. The van der Waals surface area contributed by atoms with Gasteiger partial charge in [-0.25, -0.2) is 0 Å². The van der Waals surface area contributed by atoms with Gasteiger partial charge in [-0.05, 0) is 49.4 Å². The fourth-order valence-electron chi connectivity index (χ4n) is 2.51. The smallest absolute Gasteiger partial charge is 0.182 e. The maximum atomic E-state index is 12.4. The second kappa shape index (κ2) is 3.57. The third-order valence-corrected chi connectivity index (χ3v) is 3.87. The van der Waals surface area contributed by atoms with Gasteiger partial charge >= 0.3 is 0 Å². The molecule has 1 aromatic rings. The van der Waals surface area contributed by atoms with Gasteiger partial charge in [0.2, 0.25) is 0 Å². The van der Waals surface area contributed by atoms with E-state index in [1.54, 1.807) is 0 Å². The quantitative estimate of drug-likeness (QED) is 0.809. The molecule has 0 amide bonds. The first-order chi connectivity index (χ1) is 8.09. The monoisotopic (exact) mass is 231 g/mol. The lowest BCUT2D eigenvalue weighted by molar-refractivity contribution is 0.0883. The number of ketones is 1. The van der Waals surface area contributed by atoms with Crippen molar-refractivity contribution in [1.29, 1.82) is 0 Å². The van der Waals surface area contributed by atoms with Gasteiger partial charge in [0.1, 0.15) is 5.75 Å². The van der Waals surface area contributed by atoms with Crippen molar-refractivity contribution in [3.8, 4) is 5.75 Å². The SMILES string of the molecule is CC(N)(C(=O)c1ccc2c(c1)CCO2)C1CC1. The van der Waals surface area contributed by atoms with E-state index in [-0.39, 0.29) is 5.78 Å². The number of benzene rings is 1. The Labute approximate surface area is 101 Å². The van der Waals surface area contributed by atoms with Gasteiger partial charge < -0.3 is 10.5 Å². The first kappa shape index (κ1) is 10.8. The largest absolute Gasteiger partial charge is 0.493 e. The standard InChI is InChI=1S/C14H17NO2/c1-14(15,11-3-4-11)13(16)10-2-5-12-9(8-10)6-7-17-12/h2,5,8,11H,3-4,6-7,15H2,1H3. The van der Waals surface area contributed by atoms with Crippen molar-refractivity contribution < 1.29 is 9.53 Å². The van der Waals surface area contributed by atoms with Crippen LogP contribution in [0.15, 0.2) is 18.2 Å². The molecule has 3 heteroatoms. The lowest BCUT2D eigenvalue weighted by Crippen LogP contribution is -2.47. The number of carbonyl (C=O) groups excluding carboxylic acids is 1. The van der Waals surface area contributed by atoms with E-state index in [0.29, 0.717) is 5.92 Å². The Bertz CT molecular complexity index is 475. The first-order valence-corrected chi connectivity index (χ1v) is 6.18. The van der Waals surface area contributed by atoms with Gasteiger partial charge in [-0.1, -0.05) is 0 Å². The van der Waals surface area contributed by atoms with Crippen molar-refractivity contribution in [2.45, 2.75) is 31.7 Å². The van der Waals surface area contributed by atoms with Crippen molar-refractivity contribution in [2.75, 3.05) is 6.61 Å². The van der Waals surface area contributed by atoms with Crippen LogP contribution in [0.4, 0.5) is 0 Å². The van der Waals surface area contributed by atoms with Gasteiger partial charge in [0, 0.05) is 12.0 Å². The Morgan fingerprint density at radius 1 is 1.47 bits per heavy atom. The van der Waals surface area contributed by atoms with Crippen LogP contribution < -0.4 is 10.5 Å². The van der Waals surface area contributed by atoms with Gasteiger partial charge in [0.05, 0.1) is 12.1 Å². The van der Waals surface area contributed by atoms with Gasteiger partial charge in [-0.3, -0.25) is 4.79 Å². The van der Waals surface area contributed by atoms with E-state index in [0.717, 1.165) is 42.7 Å². The molecule has 0 saturated heterocycles. The van der Waals surface area contributed by atoms with Crippen LogP contribution >= 0.6 is 0 Å². The van der Waals surface area contributed by atoms with Crippen LogP contribution in [0.3, 0.4) is 0 Å². The Morgan fingerprint density at radius 3 is 2.94 bits per heavy atom. The number of Topliss-reactive ketones (excluding diaryl/α,β-unsaturated/α-hetero) is 1. The average molecular weight is 231 g/mol. The second-order valence-electron chi connectivity index (χ2n) is 5.31. The molecule has 1 aromatic carbocycles. The van der Waals surface area contributed by atoms with E-state index in [9.17, 15) is 4.79 Å². The predicted octanol–water partition coefficient (Wildman–Crippen LogP) is 1.93. The third-order valence-electron chi connectivity index (χ3n) is 3.87. The second-order valence-corrected chi connectivity index (χ2v) is 5.31. The van der Waals surface area contributed by atoms with Gasteiger partial charge in [-0.2, -0.15) is 0 Å². The van der Waals surface area contributed by atoms with Crippen molar-refractivity contribution in [3.05, 3.63) is 29.3 Å². The van der Waals surface area contributed by atoms with E-state index in [1.165, 1.54) is 0 Å². The maximum absolute atomic E-state index is 12.4. The Hall–Kier alpha value is -1.35. The summed E-state index contributed by atoms with van der Waals surface area (Å²) in [5, 5.41) is 0. The van der Waals surface area contributed by atoms with Crippen molar-refractivity contribution >= 4 is 5.78 Å². The lowest BCUT2D eigenvalue weighted by atomic mass is 9.87. The average Bonchev–Trinajstić information content (AvgIpc) is 3.07. The lowest BCUT2D eigenvalue weighted by Gasteiger charge is -2.22. The molecule has 0 bridgehead atoms. The molecule has 90 valence electrons. The molecule has 3 nitrogen and oxygen atoms in total. The summed E-state index contributed by atoms with van der Waals surface area (Å²) in [6.07, 6.45) is 3.04. The highest BCUT2D eigenvalue weighted by Crippen LogP contribution is 2.40. The summed E-state index contributed by atoms with van der Waals surface area (Å²) < 4.78 is 5.44. The van der Waals surface area contributed by atoms with Crippen molar-refractivity contribution in [2.24, 2.45) is 11.7 Å². The third kappa shape index (κ3) is 1.75. The number of hydrogen-bond donors (Lipinski definition) is 1. The highest BCUT2D eigenvalue weighted by molar-refractivity contribution is 6.03. The molecule has 0 radical (unpaired) electrons. The fraction of sp³-hybridized carbons (Fsp3) is 0.500. The highest BCUT2D eigenvalue weighted by Gasteiger charge is 2.44. The molecule has 0 spiro atoms. The van der Waals surface area contributed by atoms with Crippen LogP contribution in [0.25, 0.3) is 0 Å². The number of hydrogen-bond acceptors (Lipinski definition) is 3. The van der Waals surface area contributed by atoms with Crippen LogP contribution in [-0.2, 0) is 6.42 Å². The van der Waals surface area contributed by atoms with E-state index >= 15 is 0 Å². The minimum absolute atomic E-state index is 0.0645. The summed E-state index contributed by atoms with van der Waals surface area (Å²) in [6, 6.07) is 5.66. The zero-order valence-corrected chi connectivity index (χ0v) is 10.0. The van der Waals surface area contributed by atoms with Gasteiger partial charge in [-0.15, -0.1) is 0 Å². The number of nitrogens with two attached hydrogens (primary N) is 1. The van der Waals surface area contributed by atoms with Crippen molar-refractivity contribution in [1.82, 2.24) is 0 Å². The molecule has 1 unspecified atom stereocenters. The van der Waals surface area contributed by atoms with Crippen LogP contribution in [-0.4, -0.2) is 17.9 Å². The molecule has 1 saturated carbocycles. The molecule has 0 aromatic heterocycles. The summed E-state index contributed by atoms with van der Waals surface area (Å²) >= 11 is 0. The summed E-state index contributed by atoms with van der Waals surface area (Å²) in [4.78, 5) is 12.4. The molecule has 1 aliphatic carbocycles. The molecule has 2 N–H and O–H groups in total. The highest BCUT2D eigenvalue weighted by atomic mass is 16.5. The maximum Gasteiger partial charge on any atom is 0.182 e. The normalized spacial score (nSPS) is 21.5. The van der Waals surface area contributed by atoms with Gasteiger partial charge in [0.25, 0.3) is 0 Å². The van der Waals surface area contributed by atoms with Crippen molar-refractivity contribution in [3.63, 3.8) is 0 Å². The van der Waals surface area contributed by atoms with Gasteiger partial charge in [0.15, 0.2) is 5.78 Å². The molecule has 1 fully saturated rings. The summed E-state index contributed by atoms with van der Waals surface area (Å²) in [7, 11) is 0. The minimum Gasteiger partial charge on any atom is -0.493 e. The Kier molecular flexibility index (Phi) is 2.26. The molecular formula is C14H17NO2. The van der Waals surface area contributed by atoms with E-state index in [4.69, 9.17) is 10.5 Å². The fourth-order valence-corrected chi connectivity index (χ4v) is 2.51. The molecule has 2 aliphatic rings. The van der Waals surface area contributed by atoms with Crippen LogP contribution in [0, 0.1) is 5.92 Å². The Morgan fingerprint density at radius 2 is 2.24 bits per heavy atom. The zero-order valence-electron chi connectivity index (χ0n) is 10.0. The van der Waals surface area contributed by atoms with Crippen LogP contribution in [0.1, 0.15) is 35.7 Å². The number of carbonyl (C=O) groups is 1. The van der Waals surface area contributed by atoms with E-state index in [2.05, 4.69) is 0 Å². The predicted molar refractivity (Wildman–Crippen MR) is 65.3 cm³/mol. The zero-order chi connectivity index (χ0) is 12.0. The topological polar surface area (TPSA) is 52.3 Å². The first-order valence-electron chi connectivity index (χ1n) is 6.18. The summed E-state index contributed by atoms with van der Waals surface area (Å²) in [6.45, 7) is 2.58. The molecular weight excluding hydrogens is 214 g/mol. The number of fused-ring (bicyclic) bond motifs is 1. The summed E-state index contributed by atoms with van der Waals surface area (Å²) in [5.41, 5.74) is 7.32. The van der Waals surface area contributed by atoms with Crippen LogP contribution in [0.2, 0.25) is 0 Å². The van der Waals surface area contributed by atoms with E-state index < -0.39 is 5.54 Å². The molecule has 1 aliphatic heterocycles. The molecule has 1 heterocycles. The molecule has 3 rings (SSSR count).